The minimum Gasteiger partial charge on any atom is -0.377 e. The Morgan fingerprint density at radius 3 is 2.75 bits per heavy atom. The highest BCUT2D eigenvalue weighted by Crippen LogP contribution is 2.08. The van der Waals surface area contributed by atoms with Crippen LogP contribution in [0.1, 0.15) is 30.4 Å². The summed E-state index contributed by atoms with van der Waals surface area (Å²) in [4.78, 5) is 5.88. The molecule has 0 saturated carbocycles. The molecular weight excluding hydrogens is 324 g/mol. The predicted molar refractivity (Wildman–Crippen MR) is 97.1 cm³/mol. The molecule has 132 valence electrons. The maximum absolute atomic E-state index is 5.45. The summed E-state index contributed by atoms with van der Waals surface area (Å²) in [6.07, 6.45) is 0. The molecule has 0 fully saturated rings. The quantitative estimate of drug-likeness (QED) is 0.589. The first-order valence-electron chi connectivity index (χ1n) is 7.86. The van der Waals surface area contributed by atoms with E-state index in [1.54, 1.807) is 18.4 Å². The molecule has 0 radical (unpaired) electrons. The first-order chi connectivity index (χ1) is 11.4. The number of rotatable bonds is 7. The highest BCUT2D eigenvalue weighted by atomic mass is 32.1. The Kier molecular flexibility index (Phi) is 6.33. The van der Waals surface area contributed by atoms with Gasteiger partial charge in [0, 0.05) is 25.6 Å². The molecule has 0 atom stereocenters. The fourth-order valence-electron chi connectivity index (χ4n) is 1.87. The van der Waals surface area contributed by atoms with Gasteiger partial charge in [-0.1, -0.05) is 6.07 Å². The molecule has 2 aromatic heterocycles. The van der Waals surface area contributed by atoms with Gasteiger partial charge in [-0.05, 0) is 32.2 Å². The summed E-state index contributed by atoms with van der Waals surface area (Å²) in [6, 6.07) is 4.14. The fraction of sp³-hybridized carbons (Fsp3) is 0.562. The van der Waals surface area contributed by atoms with Gasteiger partial charge in [0.2, 0.25) is 0 Å². The normalized spacial score (nSPS) is 12.5. The minimum atomic E-state index is -0.271. The van der Waals surface area contributed by atoms with Crippen molar-refractivity contribution in [3.05, 3.63) is 34.0 Å². The van der Waals surface area contributed by atoms with Crippen LogP contribution in [0.3, 0.4) is 0 Å². The van der Waals surface area contributed by atoms with E-state index in [0.717, 1.165) is 24.2 Å². The molecule has 0 aliphatic heterocycles. The van der Waals surface area contributed by atoms with Crippen molar-refractivity contribution in [2.75, 3.05) is 13.7 Å². The second-order valence-electron chi connectivity index (χ2n) is 6.14. The molecule has 0 saturated heterocycles. The van der Waals surface area contributed by atoms with Crippen LogP contribution in [0.25, 0.3) is 0 Å². The van der Waals surface area contributed by atoms with Crippen LogP contribution < -0.4 is 10.6 Å². The Bertz CT molecular complexity index is 662. The number of nitrogens with zero attached hydrogens (tertiary/aromatic N) is 4. The van der Waals surface area contributed by atoms with Gasteiger partial charge in [-0.3, -0.25) is 0 Å². The van der Waals surface area contributed by atoms with Crippen molar-refractivity contribution in [3.8, 4) is 0 Å². The average Bonchev–Trinajstić information content (AvgIpc) is 3.19. The summed E-state index contributed by atoms with van der Waals surface area (Å²) < 4.78 is 7.40. The Balaban J connectivity index is 2.02. The highest BCUT2D eigenvalue weighted by molar-refractivity contribution is 7.09. The van der Waals surface area contributed by atoms with Crippen molar-refractivity contribution in [2.45, 2.75) is 39.5 Å². The zero-order chi connectivity index (χ0) is 17.6. The average molecular weight is 350 g/mol. The topological polar surface area (TPSA) is 76.4 Å². The smallest absolute Gasteiger partial charge is 0.192 e. The maximum atomic E-state index is 5.45. The Morgan fingerprint density at radius 1 is 1.38 bits per heavy atom. The van der Waals surface area contributed by atoms with Gasteiger partial charge < -0.3 is 19.9 Å². The molecule has 24 heavy (non-hydrogen) atoms. The third kappa shape index (κ3) is 5.31. The summed E-state index contributed by atoms with van der Waals surface area (Å²) in [5.41, 5.74) is -0.271. The summed E-state index contributed by atoms with van der Waals surface area (Å²) in [5.74, 6) is 2.44. The highest BCUT2D eigenvalue weighted by Gasteiger charge is 2.16. The molecule has 2 aromatic rings. The summed E-state index contributed by atoms with van der Waals surface area (Å²) in [6.45, 7) is 7.83. The first kappa shape index (κ1) is 18.4. The van der Waals surface area contributed by atoms with Crippen molar-refractivity contribution < 1.29 is 4.74 Å². The van der Waals surface area contributed by atoms with Crippen molar-refractivity contribution in [1.82, 2.24) is 25.4 Å². The van der Waals surface area contributed by atoms with Crippen LogP contribution in [-0.4, -0.2) is 40.0 Å². The van der Waals surface area contributed by atoms with Crippen LogP contribution >= 0.6 is 11.3 Å². The van der Waals surface area contributed by atoms with E-state index in [1.807, 2.05) is 38.5 Å². The molecule has 0 unspecified atom stereocenters. The fourth-order valence-corrected chi connectivity index (χ4v) is 2.51. The van der Waals surface area contributed by atoms with Gasteiger partial charge in [-0.25, -0.2) is 4.99 Å². The molecule has 8 heteroatoms. The molecule has 2 N–H and O–H groups in total. The number of aryl methyl sites for hydroxylation is 1. The first-order valence-corrected chi connectivity index (χ1v) is 8.74. The molecule has 0 bridgehead atoms. The van der Waals surface area contributed by atoms with Crippen molar-refractivity contribution in [3.63, 3.8) is 0 Å². The monoisotopic (exact) mass is 350 g/mol. The van der Waals surface area contributed by atoms with Gasteiger partial charge in [0.05, 0.1) is 12.1 Å². The number of hydrogen-bond acceptors (Lipinski definition) is 5. The lowest BCUT2D eigenvalue weighted by Gasteiger charge is -2.24. The zero-order valence-corrected chi connectivity index (χ0v) is 15.8. The number of thiophene rings is 1. The Hall–Kier alpha value is -1.93. The van der Waals surface area contributed by atoms with E-state index in [2.05, 4.69) is 37.3 Å². The molecule has 2 rings (SSSR count). The lowest BCUT2D eigenvalue weighted by atomic mass is 10.1. The summed E-state index contributed by atoms with van der Waals surface area (Å²) in [7, 11) is 3.65. The van der Waals surface area contributed by atoms with Gasteiger partial charge >= 0.3 is 0 Å². The van der Waals surface area contributed by atoms with E-state index >= 15 is 0 Å². The molecule has 0 spiro atoms. The van der Waals surface area contributed by atoms with E-state index in [4.69, 9.17) is 4.74 Å². The second-order valence-corrected chi connectivity index (χ2v) is 7.17. The molecule has 0 aliphatic rings. The van der Waals surface area contributed by atoms with Crippen LogP contribution in [-0.2, 0) is 24.9 Å². The number of methoxy groups -OCH3 is 1. The molecular formula is C16H26N6OS. The van der Waals surface area contributed by atoms with Gasteiger partial charge in [0.25, 0.3) is 0 Å². The van der Waals surface area contributed by atoms with Crippen LogP contribution in [0, 0.1) is 6.92 Å². The van der Waals surface area contributed by atoms with Crippen LogP contribution in [0.2, 0.25) is 0 Å². The van der Waals surface area contributed by atoms with Crippen molar-refractivity contribution in [2.24, 2.45) is 12.0 Å². The molecule has 0 aliphatic carbocycles. The SMILES string of the molecule is COC(C)(C)CNC(=NCc1nnc(C)n1C)NCc1cccs1. The molecule has 0 aromatic carbocycles. The third-order valence-corrected chi connectivity index (χ3v) is 4.68. The number of aliphatic imine (C=N–C) groups is 1. The predicted octanol–water partition coefficient (Wildman–Crippen LogP) is 1.85. The van der Waals surface area contributed by atoms with Gasteiger partial charge in [0.1, 0.15) is 12.4 Å². The number of guanidine groups is 1. The van der Waals surface area contributed by atoms with E-state index in [-0.39, 0.29) is 5.60 Å². The van der Waals surface area contributed by atoms with Crippen LogP contribution in [0.5, 0.6) is 0 Å². The Morgan fingerprint density at radius 2 is 2.17 bits per heavy atom. The van der Waals surface area contributed by atoms with Gasteiger partial charge in [-0.15, -0.1) is 21.5 Å². The zero-order valence-electron chi connectivity index (χ0n) is 15.0. The van der Waals surface area contributed by atoms with Gasteiger partial charge in [-0.2, -0.15) is 0 Å². The van der Waals surface area contributed by atoms with E-state index < -0.39 is 0 Å². The van der Waals surface area contributed by atoms with Gasteiger partial charge in [0.15, 0.2) is 11.8 Å². The largest absolute Gasteiger partial charge is 0.377 e. The van der Waals surface area contributed by atoms with E-state index in [1.165, 1.54) is 4.88 Å². The summed E-state index contributed by atoms with van der Waals surface area (Å²) >= 11 is 1.72. The number of aromatic nitrogens is 3. The van der Waals surface area contributed by atoms with Crippen molar-refractivity contribution in [1.29, 1.82) is 0 Å². The maximum Gasteiger partial charge on any atom is 0.192 e. The molecule has 7 nitrogen and oxygen atoms in total. The molecule has 0 amide bonds. The van der Waals surface area contributed by atoms with E-state index in [0.29, 0.717) is 13.1 Å². The van der Waals surface area contributed by atoms with Crippen LogP contribution in [0.15, 0.2) is 22.5 Å². The molecule has 2 heterocycles. The minimum absolute atomic E-state index is 0.271. The summed E-state index contributed by atoms with van der Waals surface area (Å²) in [5, 5.41) is 17.0. The standard InChI is InChI=1S/C16H26N6OS/c1-12-20-21-14(22(12)4)10-18-15(19-11-16(2,3)23-5)17-9-13-7-6-8-24-13/h6-8H,9-11H2,1-5H3,(H2,17,18,19). The van der Waals surface area contributed by atoms with Crippen LogP contribution in [0.4, 0.5) is 0 Å². The lowest BCUT2D eigenvalue weighted by molar-refractivity contribution is 0.0268. The Labute approximate surface area is 147 Å². The second kappa shape index (κ2) is 8.25. The number of ether oxygens (including phenoxy) is 1. The van der Waals surface area contributed by atoms with E-state index in [9.17, 15) is 0 Å². The number of hydrogen-bond donors (Lipinski definition) is 2. The third-order valence-electron chi connectivity index (χ3n) is 3.81. The number of nitrogens with one attached hydrogen (secondary N) is 2. The van der Waals surface area contributed by atoms with Crippen molar-refractivity contribution >= 4 is 17.3 Å². The lowest BCUT2D eigenvalue weighted by Crippen LogP contribution is -2.45.